The maximum absolute atomic E-state index is 11.5. The number of phenolic OH excluding ortho intramolecular Hbond substituents is 1. The van der Waals surface area contributed by atoms with E-state index in [0.717, 1.165) is 19.3 Å². The van der Waals surface area contributed by atoms with Gasteiger partial charge in [0.25, 0.3) is 0 Å². The number of carbonyl (C=O) groups is 1. The van der Waals surface area contributed by atoms with Gasteiger partial charge in [-0.2, -0.15) is 0 Å². The Balaban J connectivity index is 2.60. The lowest BCUT2D eigenvalue weighted by molar-refractivity contribution is -0.116. The van der Waals surface area contributed by atoms with E-state index < -0.39 is 0 Å². The Morgan fingerprint density at radius 2 is 1.88 bits per heavy atom. The molecule has 0 saturated heterocycles. The van der Waals surface area contributed by atoms with Crippen LogP contribution in [0.25, 0.3) is 0 Å². The Bertz CT molecular complexity index is 384. The summed E-state index contributed by atoms with van der Waals surface area (Å²) in [7, 11) is 0. The summed E-state index contributed by atoms with van der Waals surface area (Å²) >= 11 is 11.5. The van der Waals surface area contributed by atoms with Gasteiger partial charge in [0.2, 0.25) is 5.91 Å². The van der Waals surface area contributed by atoms with Crippen molar-refractivity contribution in [1.29, 1.82) is 0 Å². The molecule has 94 valence electrons. The minimum absolute atomic E-state index is 0.0729. The Hall–Kier alpha value is -0.930. The Labute approximate surface area is 111 Å². The first kappa shape index (κ1) is 14.1. The number of phenols is 1. The number of unbranched alkanes of at least 4 members (excludes halogenated alkanes) is 2. The molecule has 0 aromatic heterocycles. The third-order valence-electron chi connectivity index (χ3n) is 2.31. The summed E-state index contributed by atoms with van der Waals surface area (Å²) < 4.78 is 0. The highest BCUT2D eigenvalue weighted by molar-refractivity contribution is 6.37. The van der Waals surface area contributed by atoms with Crippen LogP contribution in [0.2, 0.25) is 10.0 Å². The van der Waals surface area contributed by atoms with Crippen LogP contribution in [0.5, 0.6) is 5.75 Å². The molecule has 0 fully saturated rings. The third-order valence-corrected chi connectivity index (χ3v) is 2.88. The van der Waals surface area contributed by atoms with Crippen molar-refractivity contribution in [1.82, 2.24) is 0 Å². The van der Waals surface area contributed by atoms with Crippen molar-refractivity contribution in [3.8, 4) is 5.75 Å². The van der Waals surface area contributed by atoms with Gasteiger partial charge in [-0.25, -0.2) is 0 Å². The molecule has 1 aromatic carbocycles. The van der Waals surface area contributed by atoms with Gasteiger partial charge in [-0.1, -0.05) is 43.0 Å². The highest BCUT2D eigenvalue weighted by Gasteiger charge is 2.08. The van der Waals surface area contributed by atoms with Crippen LogP contribution in [0.3, 0.4) is 0 Å². The van der Waals surface area contributed by atoms with Gasteiger partial charge in [-0.3, -0.25) is 4.79 Å². The Kier molecular flexibility index (Phi) is 5.59. The quantitative estimate of drug-likeness (QED) is 0.625. The van der Waals surface area contributed by atoms with Crippen LogP contribution < -0.4 is 5.32 Å². The van der Waals surface area contributed by atoms with Gasteiger partial charge in [0.1, 0.15) is 0 Å². The van der Waals surface area contributed by atoms with Crippen LogP contribution in [0, 0.1) is 0 Å². The summed E-state index contributed by atoms with van der Waals surface area (Å²) in [4.78, 5) is 11.5. The first-order valence-corrected chi connectivity index (χ1v) is 6.28. The fraction of sp³-hybridized carbons (Fsp3) is 0.417. The largest absolute Gasteiger partial charge is 0.505 e. The van der Waals surface area contributed by atoms with E-state index in [9.17, 15) is 9.90 Å². The number of rotatable bonds is 5. The lowest BCUT2D eigenvalue weighted by Crippen LogP contribution is -2.10. The van der Waals surface area contributed by atoms with Gasteiger partial charge in [-0.05, 0) is 18.6 Å². The molecule has 1 rings (SSSR count). The van der Waals surface area contributed by atoms with Crippen molar-refractivity contribution >= 4 is 34.8 Å². The molecular weight excluding hydrogens is 261 g/mol. The lowest BCUT2D eigenvalue weighted by Gasteiger charge is -2.07. The zero-order chi connectivity index (χ0) is 12.8. The number of halogens is 2. The minimum atomic E-state index is -0.169. The molecule has 1 aromatic rings. The van der Waals surface area contributed by atoms with Crippen LogP contribution in [0.1, 0.15) is 32.6 Å². The number of anilines is 1. The van der Waals surface area contributed by atoms with Gasteiger partial charge in [0, 0.05) is 12.1 Å². The molecule has 0 radical (unpaired) electrons. The number of hydrogen-bond donors (Lipinski definition) is 2. The predicted octanol–water partition coefficient (Wildman–Crippen LogP) is 4.22. The highest BCUT2D eigenvalue weighted by Crippen LogP contribution is 2.34. The van der Waals surface area contributed by atoms with E-state index in [0.29, 0.717) is 12.1 Å². The zero-order valence-electron chi connectivity index (χ0n) is 9.59. The monoisotopic (exact) mass is 275 g/mol. The first-order chi connectivity index (χ1) is 8.04. The number of carbonyl (C=O) groups excluding carboxylic acids is 1. The summed E-state index contributed by atoms with van der Waals surface area (Å²) in [6, 6.07) is 2.95. The Morgan fingerprint density at radius 3 is 2.41 bits per heavy atom. The Morgan fingerprint density at radius 1 is 1.29 bits per heavy atom. The van der Waals surface area contributed by atoms with Crippen LogP contribution >= 0.6 is 23.2 Å². The van der Waals surface area contributed by atoms with E-state index >= 15 is 0 Å². The van der Waals surface area contributed by atoms with E-state index in [1.807, 2.05) is 0 Å². The number of benzene rings is 1. The lowest BCUT2D eigenvalue weighted by atomic mass is 10.2. The standard InChI is InChI=1S/C12H15Cl2NO2/c1-2-3-4-5-11(16)15-8-6-9(13)12(17)10(14)7-8/h6-7,17H,2-5H2,1H3,(H,15,16). The smallest absolute Gasteiger partial charge is 0.224 e. The maximum atomic E-state index is 11.5. The van der Waals surface area contributed by atoms with E-state index in [4.69, 9.17) is 23.2 Å². The third kappa shape index (κ3) is 4.44. The molecule has 0 unspecified atom stereocenters. The average molecular weight is 276 g/mol. The van der Waals surface area contributed by atoms with Gasteiger partial charge in [0.05, 0.1) is 10.0 Å². The fourth-order valence-corrected chi connectivity index (χ4v) is 1.88. The highest BCUT2D eigenvalue weighted by atomic mass is 35.5. The molecule has 5 heteroatoms. The molecule has 0 aliphatic carbocycles. The van der Waals surface area contributed by atoms with Gasteiger partial charge in [-0.15, -0.1) is 0 Å². The van der Waals surface area contributed by atoms with Gasteiger partial charge >= 0.3 is 0 Å². The number of amides is 1. The molecule has 2 N–H and O–H groups in total. The second-order valence-corrected chi connectivity index (χ2v) is 4.61. The van der Waals surface area contributed by atoms with Gasteiger partial charge < -0.3 is 10.4 Å². The van der Waals surface area contributed by atoms with E-state index in [-0.39, 0.29) is 21.7 Å². The molecule has 17 heavy (non-hydrogen) atoms. The second kappa shape index (κ2) is 6.72. The van der Waals surface area contributed by atoms with Crippen molar-refractivity contribution in [3.63, 3.8) is 0 Å². The second-order valence-electron chi connectivity index (χ2n) is 3.79. The van der Waals surface area contributed by atoms with Crippen LogP contribution in [-0.2, 0) is 4.79 Å². The maximum Gasteiger partial charge on any atom is 0.224 e. The minimum Gasteiger partial charge on any atom is -0.505 e. The molecule has 0 saturated carbocycles. The van der Waals surface area contributed by atoms with Crippen molar-refractivity contribution in [2.24, 2.45) is 0 Å². The van der Waals surface area contributed by atoms with Crippen molar-refractivity contribution in [2.45, 2.75) is 32.6 Å². The zero-order valence-corrected chi connectivity index (χ0v) is 11.1. The number of hydrogen-bond acceptors (Lipinski definition) is 2. The molecule has 0 heterocycles. The average Bonchev–Trinajstić information content (AvgIpc) is 2.26. The summed E-state index contributed by atoms with van der Waals surface area (Å²) in [5.41, 5.74) is 0.499. The molecule has 0 aliphatic rings. The van der Waals surface area contributed by atoms with Crippen LogP contribution in [0.4, 0.5) is 5.69 Å². The normalized spacial score (nSPS) is 10.3. The van der Waals surface area contributed by atoms with Crippen LogP contribution in [0.15, 0.2) is 12.1 Å². The number of nitrogens with one attached hydrogen (secondary N) is 1. The first-order valence-electron chi connectivity index (χ1n) is 5.52. The van der Waals surface area contributed by atoms with E-state index in [1.54, 1.807) is 0 Å². The topological polar surface area (TPSA) is 49.3 Å². The molecule has 0 spiro atoms. The van der Waals surface area contributed by atoms with Crippen molar-refractivity contribution in [2.75, 3.05) is 5.32 Å². The fourth-order valence-electron chi connectivity index (χ4n) is 1.40. The SMILES string of the molecule is CCCCCC(=O)Nc1cc(Cl)c(O)c(Cl)c1. The summed E-state index contributed by atoms with van der Waals surface area (Å²) in [5.74, 6) is -0.242. The molecular formula is C12H15Cl2NO2. The summed E-state index contributed by atoms with van der Waals surface area (Å²) in [6.07, 6.45) is 3.44. The van der Waals surface area contributed by atoms with Gasteiger partial charge in [0.15, 0.2) is 5.75 Å². The summed E-state index contributed by atoms with van der Waals surface area (Å²) in [5, 5.41) is 12.3. The van der Waals surface area contributed by atoms with Crippen molar-refractivity contribution in [3.05, 3.63) is 22.2 Å². The molecule has 3 nitrogen and oxygen atoms in total. The van der Waals surface area contributed by atoms with E-state index in [2.05, 4.69) is 12.2 Å². The van der Waals surface area contributed by atoms with E-state index in [1.165, 1.54) is 12.1 Å². The van der Waals surface area contributed by atoms with Crippen molar-refractivity contribution < 1.29 is 9.90 Å². The van der Waals surface area contributed by atoms with Crippen LogP contribution in [-0.4, -0.2) is 11.0 Å². The number of aromatic hydroxyl groups is 1. The molecule has 0 atom stereocenters. The molecule has 1 amide bonds. The predicted molar refractivity (Wildman–Crippen MR) is 70.9 cm³/mol. The molecule has 0 bridgehead atoms. The molecule has 0 aliphatic heterocycles. The summed E-state index contributed by atoms with van der Waals surface area (Å²) in [6.45, 7) is 2.08.